The number of likely N-dealkylation sites (N-methyl/N-ethyl adjacent to an activating group) is 1. The Morgan fingerprint density at radius 2 is 1.85 bits per heavy atom. The average molecular weight is 533 g/mol. The van der Waals surface area contributed by atoms with Gasteiger partial charge in [0.1, 0.15) is 11.9 Å². The van der Waals surface area contributed by atoms with Gasteiger partial charge >= 0.3 is 5.97 Å². The van der Waals surface area contributed by atoms with Crippen molar-refractivity contribution in [2.45, 2.75) is 81.9 Å². The minimum absolute atomic E-state index is 0.0243. The van der Waals surface area contributed by atoms with E-state index in [1.54, 1.807) is 12.1 Å². The second-order valence-electron chi connectivity index (χ2n) is 12.2. The molecule has 4 fully saturated rings. The zero-order valence-electron chi connectivity index (χ0n) is 22.9. The Balaban J connectivity index is 1.14. The van der Waals surface area contributed by atoms with Crippen molar-refractivity contribution in [3.8, 4) is 16.9 Å². The van der Waals surface area contributed by atoms with Crippen molar-refractivity contribution in [2.24, 2.45) is 5.41 Å². The second-order valence-corrected chi connectivity index (χ2v) is 12.2. The largest absolute Gasteiger partial charge is 0.490 e. The van der Waals surface area contributed by atoms with Crippen molar-refractivity contribution in [3.63, 3.8) is 0 Å². The van der Waals surface area contributed by atoms with Gasteiger partial charge in [-0.15, -0.1) is 0 Å². The standard InChI is InChI=1S/C32H40N2O5/c1-34-20-32(13-15-38-16-14-32)19-28(34)30(35)33-23-10-11-24(18-23)39-29-12-9-22(31(36)37)17-27(29)26-8-3-2-7-25(26)21-5-4-6-21/h2-3,7-9,12,17,21,23-24,28H,4-6,10-11,13-16,18-20H2,1H3,(H,33,35)(H,36,37)/t23-,24-,28?/m1/s1. The van der Waals surface area contributed by atoms with Gasteiger partial charge in [-0.3, -0.25) is 9.69 Å². The molecule has 4 aliphatic rings. The first-order valence-electron chi connectivity index (χ1n) is 14.6. The Bertz CT molecular complexity index is 1220. The summed E-state index contributed by atoms with van der Waals surface area (Å²) in [4.78, 5) is 27.3. The van der Waals surface area contributed by atoms with Crippen molar-refractivity contribution in [3.05, 3.63) is 53.6 Å². The predicted molar refractivity (Wildman–Crippen MR) is 149 cm³/mol. The molecule has 39 heavy (non-hydrogen) atoms. The fourth-order valence-corrected chi connectivity index (χ4v) is 7.18. The maximum atomic E-state index is 13.3. The maximum Gasteiger partial charge on any atom is 0.335 e. The number of amides is 1. The van der Waals surface area contributed by atoms with Crippen LogP contribution in [0.4, 0.5) is 0 Å². The number of likely N-dealkylation sites (tertiary alicyclic amines) is 1. The number of hydrogen-bond acceptors (Lipinski definition) is 5. The third-order valence-corrected chi connectivity index (χ3v) is 9.65. The van der Waals surface area contributed by atoms with Crippen LogP contribution in [0.1, 0.15) is 79.6 Å². The van der Waals surface area contributed by atoms with Gasteiger partial charge in [0, 0.05) is 37.8 Å². The lowest BCUT2D eigenvalue weighted by molar-refractivity contribution is -0.125. The molecule has 2 aromatic carbocycles. The van der Waals surface area contributed by atoms with E-state index in [1.165, 1.54) is 24.8 Å². The molecule has 1 amide bonds. The fraction of sp³-hybridized carbons (Fsp3) is 0.562. The lowest BCUT2D eigenvalue weighted by Gasteiger charge is -2.32. The van der Waals surface area contributed by atoms with E-state index in [4.69, 9.17) is 9.47 Å². The Morgan fingerprint density at radius 1 is 1.05 bits per heavy atom. The number of ether oxygens (including phenoxy) is 2. The molecule has 0 aromatic heterocycles. The molecule has 2 saturated carbocycles. The number of carbonyl (C=O) groups excluding carboxylic acids is 1. The zero-order chi connectivity index (χ0) is 27.0. The molecular formula is C32H40N2O5. The van der Waals surface area contributed by atoms with Crippen molar-refractivity contribution in [2.75, 3.05) is 26.8 Å². The predicted octanol–water partition coefficient (Wildman–Crippen LogP) is 5.24. The summed E-state index contributed by atoms with van der Waals surface area (Å²) >= 11 is 0. The van der Waals surface area contributed by atoms with E-state index in [-0.39, 0.29) is 35.1 Å². The van der Waals surface area contributed by atoms with E-state index in [0.29, 0.717) is 5.92 Å². The molecule has 7 nitrogen and oxygen atoms in total. The minimum Gasteiger partial charge on any atom is -0.490 e. The molecule has 2 aromatic rings. The van der Waals surface area contributed by atoms with Crippen LogP contribution in [0.5, 0.6) is 5.75 Å². The zero-order valence-corrected chi connectivity index (χ0v) is 22.9. The van der Waals surface area contributed by atoms with E-state index in [1.807, 2.05) is 12.1 Å². The highest BCUT2D eigenvalue weighted by Crippen LogP contribution is 2.45. The molecule has 2 saturated heterocycles. The van der Waals surface area contributed by atoms with Crippen molar-refractivity contribution < 1.29 is 24.2 Å². The van der Waals surface area contributed by atoms with Gasteiger partial charge in [0.2, 0.25) is 5.91 Å². The number of rotatable bonds is 7. The van der Waals surface area contributed by atoms with E-state index >= 15 is 0 Å². The first-order chi connectivity index (χ1) is 18.9. The summed E-state index contributed by atoms with van der Waals surface area (Å²) in [6.07, 6.45) is 9.02. The lowest BCUT2D eigenvalue weighted by Crippen LogP contribution is -2.45. The molecule has 1 spiro atoms. The normalized spacial score (nSPS) is 26.8. The molecule has 2 heterocycles. The molecule has 2 aliphatic heterocycles. The Morgan fingerprint density at radius 3 is 2.59 bits per heavy atom. The SMILES string of the molecule is CN1CC2(CCOCC2)CC1C(=O)N[C@@H]1CC[C@@H](Oc2ccc(C(=O)O)cc2-c2ccccc2C2CCC2)C1. The van der Waals surface area contributed by atoms with Gasteiger partial charge in [0.05, 0.1) is 11.6 Å². The number of hydrogen-bond donors (Lipinski definition) is 2. The van der Waals surface area contributed by atoms with Crippen LogP contribution in [0.2, 0.25) is 0 Å². The lowest BCUT2D eigenvalue weighted by atomic mass is 9.77. The van der Waals surface area contributed by atoms with Crippen molar-refractivity contribution in [1.29, 1.82) is 0 Å². The van der Waals surface area contributed by atoms with Gasteiger partial charge in [-0.25, -0.2) is 4.79 Å². The van der Waals surface area contributed by atoms with E-state index < -0.39 is 5.97 Å². The van der Waals surface area contributed by atoms with Gasteiger partial charge < -0.3 is 19.9 Å². The Kier molecular flexibility index (Phi) is 7.38. The molecular weight excluding hydrogens is 492 g/mol. The van der Waals surface area contributed by atoms with Crippen LogP contribution < -0.4 is 10.1 Å². The van der Waals surface area contributed by atoms with Crippen LogP contribution in [0.25, 0.3) is 11.1 Å². The average Bonchev–Trinajstić information content (AvgIpc) is 3.47. The summed E-state index contributed by atoms with van der Waals surface area (Å²) in [5, 5.41) is 13.0. The fourth-order valence-electron chi connectivity index (χ4n) is 7.18. The van der Waals surface area contributed by atoms with Gasteiger partial charge in [-0.2, -0.15) is 0 Å². The molecule has 2 N–H and O–H groups in total. The minimum atomic E-state index is -0.938. The molecule has 7 heteroatoms. The van der Waals surface area contributed by atoms with E-state index in [2.05, 4.69) is 35.5 Å². The second kappa shape index (κ2) is 10.9. The van der Waals surface area contributed by atoms with Crippen LogP contribution in [-0.2, 0) is 9.53 Å². The quantitative estimate of drug-likeness (QED) is 0.507. The van der Waals surface area contributed by atoms with Gasteiger partial charge in [0.25, 0.3) is 0 Å². The number of carboxylic acids is 1. The third-order valence-electron chi connectivity index (χ3n) is 9.65. The van der Waals surface area contributed by atoms with Gasteiger partial charge in [0.15, 0.2) is 0 Å². The van der Waals surface area contributed by atoms with Crippen molar-refractivity contribution in [1.82, 2.24) is 10.2 Å². The smallest absolute Gasteiger partial charge is 0.335 e. The Hall–Kier alpha value is -2.90. The molecule has 0 radical (unpaired) electrons. The summed E-state index contributed by atoms with van der Waals surface area (Å²) in [6, 6.07) is 13.5. The molecule has 208 valence electrons. The summed E-state index contributed by atoms with van der Waals surface area (Å²) in [5.41, 5.74) is 3.66. The Labute approximate surface area is 230 Å². The third kappa shape index (κ3) is 5.44. The monoisotopic (exact) mass is 532 g/mol. The number of aromatic carboxylic acids is 1. The molecule has 2 aliphatic carbocycles. The number of benzene rings is 2. The summed E-state index contributed by atoms with van der Waals surface area (Å²) in [5.74, 6) is 0.433. The van der Waals surface area contributed by atoms with Crippen LogP contribution >= 0.6 is 0 Å². The number of carboxylic acid groups (broad SMARTS) is 1. The molecule has 0 bridgehead atoms. The van der Waals surface area contributed by atoms with E-state index in [0.717, 1.165) is 75.2 Å². The number of nitrogens with one attached hydrogen (secondary N) is 1. The van der Waals surface area contributed by atoms with Crippen LogP contribution in [0, 0.1) is 5.41 Å². The molecule has 6 rings (SSSR count). The number of nitrogens with zero attached hydrogens (tertiary/aromatic N) is 1. The summed E-state index contributed by atoms with van der Waals surface area (Å²) < 4.78 is 12.1. The van der Waals surface area contributed by atoms with Gasteiger partial charge in [-0.05, 0) is 92.7 Å². The van der Waals surface area contributed by atoms with Crippen LogP contribution in [-0.4, -0.2) is 66.9 Å². The highest BCUT2D eigenvalue weighted by atomic mass is 16.5. The summed E-state index contributed by atoms with van der Waals surface area (Å²) in [7, 11) is 2.07. The maximum absolute atomic E-state index is 13.3. The van der Waals surface area contributed by atoms with Crippen molar-refractivity contribution >= 4 is 11.9 Å². The highest BCUT2D eigenvalue weighted by molar-refractivity contribution is 5.91. The van der Waals surface area contributed by atoms with Crippen LogP contribution in [0.3, 0.4) is 0 Å². The van der Waals surface area contributed by atoms with Crippen LogP contribution in [0.15, 0.2) is 42.5 Å². The van der Waals surface area contributed by atoms with Gasteiger partial charge in [-0.1, -0.05) is 30.7 Å². The number of carbonyl (C=O) groups is 2. The molecule has 1 unspecified atom stereocenters. The highest BCUT2D eigenvalue weighted by Gasteiger charge is 2.46. The summed E-state index contributed by atoms with van der Waals surface area (Å²) in [6.45, 7) is 2.55. The first-order valence-corrected chi connectivity index (χ1v) is 14.6. The molecule has 3 atom stereocenters. The van der Waals surface area contributed by atoms with E-state index in [9.17, 15) is 14.7 Å². The first kappa shape index (κ1) is 26.3. The topological polar surface area (TPSA) is 88.1 Å².